The standard InChI is InChI=1S/C16H19NO2/c1-12(2)19-16-10-5-4-9-15(16)17-13-7-6-8-14(11-13)18-3/h4-12,17H,1-3H3. The van der Waals surface area contributed by atoms with Gasteiger partial charge in [-0.1, -0.05) is 18.2 Å². The number of benzene rings is 2. The van der Waals surface area contributed by atoms with Gasteiger partial charge in [0, 0.05) is 11.8 Å². The molecule has 0 aliphatic heterocycles. The van der Waals surface area contributed by atoms with Crippen LogP contribution in [0.4, 0.5) is 11.4 Å². The topological polar surface area (TPSA) is 30.5 Å². The second-order valence-electron chi connectivity index (χ2n) is 4.52. The zero-order valence-corrected chi connectivity index (χ0v) is 11.5. The summed E-state index contributed by atoms with van der Waals surface area (Å²) in [5.74, 6) is 1.67. The summed E-state index contributed by atoms with van der Waals surface area (Å²) in [5.41, 5.74) is 1.92. The third-order valence-electron chi connectivity index (χ3n) is 2.60. The number of hydrogen-bond donors (Lipinski definition) is 1. The van der Waals surface area contributed by atoms with Crippen LogP contribution >= 0.6 is 0 Å². The molecule has 3 nitrogen and oxygen atoms in total. The Labute approximate surface area is 114 Å². The Morgan fingerprint density at radius 2 is 1.79 bits per heavy atom. The Balaban J connectivity index is 2.22. The van der Waals surface area contributed by atoms with Crippen LogP contribution in [0.1, 0.15) is 13.8 Å². The molecule has 0 heterocycles. The van der Waals surface area contributed by atoms with Crippen LogP contribution in [0.15, 0.2) is 48.5 Å². The maximum atomic E-state index is 5.78. The summed E-state index contributed by atoms with van der Waals surface area (Å²) in [4.78, 5) is 0. The molecule has 19 heavy (non-hydrogen) atoms. The summed E-state index contributed by atoms with van der Waals surface area (Å²) in [6, 6.07) is 15.7. The highest BCUT2D eigenvalue weighted by molar-refractivity contribution is 5.67. The normalized spacial score (nSPS) is 10.3. The maximum Gasteiger partial charge on any atom is 0.143 e. The first-order valence-electron chi connectivity index (χ1n) is 6.36. The molecule has 0 saturated carbocycles. The molecule has 3 heteroatoms. The van der Waals surface area contributed by atoms with E-state index in [1.54, 1.807) is 7.11 Å². The molecule has 0 unspecified atom stereocenters. The second-order valence-corrected chi connectivity index (χ2v) is 4.52. The molecule has 0 radical (unpaired) electrons. The minimum absolute atomic E-state index is 0.147. The molecule has 2 aromatic carbocycles. The SMILES string of the molecule is COc1cccc(Nc2ccccc2OC(C)C)c1. The van der Waals surface area contributed by atoms with Gasteiger partial charge in [-0.05, 0) is 38.1 Å². The van der Waals surface area contributed by atoms with Crippen LogP contribution in [-0.2, 0) is 0 Å². The van der Waals surface area contributed by atoms with Crippen molar-refractivity contribution in [3.8, 4) is 11.5 Å². The number of rotatable bonds is 5. The van der Waals surface area contributed by atoms with E-state index in [0.29, 0.717) is 0 Å². The van der Waals surface area contributed by atoms with Gasteiger partial charge in [-0.25, -0.2) is 0 Å². The van der Waals surface area contributed by atoms with Crippen molar-refractivity contribution in [2.24, 2.45) is 0 Å². The van der Waals surface area contributed by atoms with E-state index in [2.05, 4.69) is 5.32 Å². The van der Waals surface area contributed by atoms with E-state index in [1.165, 1.54) is 0 Å². The molecule has 0 atom stereocenters. The van der Waals surface area contributed by atoms with Gasteiger partial charge < -0.3 is 14.8 Å². The van der Waals surface area contributed by atoms with Gasteiger partial charge in [0.15, 0.2) is 0 Å². The Bertz CT molecular complexity index is 538. The summed E-state index contributed by atoms with van der Waals surface area (Å²) in [6.07, 6.45) is 0.147. The number of para-hydroxylation sites is 2. The van der Waals surface area contributed by atoms with E-state index in [9.17, 15) is 0 Å². The average molecular weight is 257 g/mol. The van der Waals surface area contributed by atoms with Crippen molar-refractivity contribution in [1.29, 1.82) is 0 Å². The predicted molar refractivity (Wildman–Crippen MR) is 78.5 cm³/mol. The van der Waals surface area contributed by atoms with Gasteiger partial charge in [-0.2, -0.15) is 0 Å². The van der Waals surface area contributed by atoms with Gasteiger partial charge in [0.2, 0.25) is 0 Å². The van der Waals surface area contributed by atoms with E-state index in [0.717, 1.165) is 22.9 Å². The van der Waals surface area contributed by atoms with E-state index >= 15 is 0 Å². The third kappa shape index (κ3) is 3.65. The number of ether oxygens (including phenoxy) is 2. The number of nitrogens with one attached hydrogen (secondary N) is 1. The zero-order valence-electron chi connectivity index (χ0n) is 11.5. The number of methoxy groups -OCH3 is 1. The van der Waals surface area contributed by atoms with Gasteiger partial charge in [-0.3, -0.25) is 0 Å². The Morgan fingerprint density at radius 1 is 1.00 bits per heavy atom. The largest absolute Gasteiger partial charge is 0.497 e. The van der Waals surface area contributed by atoms with Crippen molar-refractivity contribution in [1.82, 2.24) is 0 Å². The minimum Gasteiger partial charge on any atom is -0.497 e. The van der Waals surface area contributed by atoms with Gasteiger partial charge >= 0.3 is 0 Å². The molecule has 2 rings (SSSR count). The fraction of sp³-hybridized carbons (Fsp3) is 0.250. The Morgan fingerprint density at radius 3 is 2.53 bits per heavy atom. The molecule has 0 fully saturated rings. The van der Waals surface area contributed by atoms with Crippen molar-refractivity contribution in [3.63, 3.8) is 0 Å². The first-order valence-corrected chi connectivity index (χ1v) is 6.36. The van der Waals surface area contributed by atoms with Crippen LogP contribution in [0.2, 0.25) is 0 Å². The Hall–Kier alpha value is -2.16. The fourth-order valence-corrected chi connectivity index (χ4v) is 1.78. The molecule has 0 aliphatic carbocycles. The van der Waals surface area contributed by atoms with E-state index < -0.39 is 0 Å². The van der Waals surface area contributed by atoms with Crippen LogP contribution < -0.4 is 14.8 Å². The summed E-state index contributed by atoms with van der Waals surface area (Å²) >= 11 is 0. The summed E-state index contributed by atoms with van der Waals surface area (Å²) in [5, 5.41) is 3.35. The van der Waals surface area contributed by atoms with E-state index in [-0.39, 0.29) is 6.10 Å². The molecule has 0 bridgehead atoms. The predicted octanol–water partition coefficient (Wildman–Crippen LogP) is 4.23. The lowest BCUT2D eigenvalue weighted by atomic mass is 10.2. The lowest BCUT2D eigenvalue weighted by Gasteiger charge is -2.15. The smallest absolute Gasteiger partial charge is 0.143 e. The van der Waals surface area contributed by atoms with Crippen LogP contribution in [0.3, 0.4) is 0 Å². The molecule has 0 aliphatic rings. The lowest BCUT2D eigenvalue weighted by Crippen LogP contribution is -2.07. The van der Waals surface area contributed by atoms with Crippen molar-refractivity contribution in [3.05, 3.63) is 48.5 Å². The minimum atomic E-state index is 0.147. The second kappa shape index (κ2) is 6.14. The molecule has 0 spiro atoms. The molecule has 2 aromatic rings. The molecule has 0 aromatic heterocycles. The molecule has 1 N–H and O–H groups in total. The average Bonchev–Trinajstić information content (AvgIpc) is 2.41. The van der Waals surface area contributed by atoms with Crippen molar-refractivity contribution < 1.29 is 9.47 Å². The molecule has 0 amide bonds. The Kier molecular flexibility index (Phi) is 4.29. The maximum absolute atomic E-state index is 5.78. The monoisotopic (exact) mass is 257 g/mol. The molecule has 100 valence electrons. The van der Waals surface area contributed by atoms with Crippen molar-refractivity contribution in [2.45, 2.75) is 20.0 Å². The molecular weight excluding hydrogens is 238 g/mol. The third-order valence-corrected chi connectivity index (χ3v) is 2.60. The first kappa shape index (κ1) is 13.3. The van der Waals surface area contributed by atoms with Gasteiger partial charge in [-0.15, -0.1) is 0 Å². The fourth-order valence-electron chi connectivity index (χ4n) is 1.78. The summed E-state index contributed by atoms with van der Waals surface area (Å²) in [7, 11) is 1.66. The van der Waals surface area contributed by atoms with Crippen LogP contribution in [-0.4, -0.2) is 13.2 Å². The van der Waals surface area contributed by atoms with Crippen molar-refractivity contribution >= 4 is 11.4 Å². The highest BCUT2D eigenvalue weighted by atomic mass is 16.5. The molecular formula is C16H19NO2. The van der Waals surface area contributed by atoms with Gasteiger partial charge in [0.05, 0.1) is 18.9 Å². The van der Waals surface area contributed by atoms with Gasteiger partial charge in [0.1, 0.15) is 11.5 Å². The van der Waals surface area contributed by atoms with Gasteiger partial charge in [0.25, 0.3) is 0 Å². The quantitative estimate of drug-likeness (QED) is 0.869. The highest BCUT2D eigenvalue weighted by Gasteiger charge is 2.05. The van der Waals surface area contributed by atoms with E-state index in [4.69, 9.17) is 9.47 Å². The van der Waals surface area contributed by atoms with Crippen LogP contribution in [0.5, 0.6) is 11.5 Å². The molecule has 0 saturated heterocycles. The number of anilines is 2. The van der Waals surface area contributed by atoms with Crippen LogP contribution in [0.25, 0.3) is 0 Å². The number of hydrogen-bond acceptors (Lipinski definition) is 3. The highest BCUT2D eigenvalue weighted by Crippen LogP contribution is 2.29. The zero-order chi connectivity index (χ0) is 13.7. The van der Waals surface area contributed by atoms with Crippen LogP contribution in [0, 0.1) is 0 Å². The summed E-state index contributed by atoms with van der Waals surface area (Å²) in [6.45, 7) is 4.03. The summed E-state index contributed by atoms with van der Waals surface area (Å²) < 4.78 is 11.0. The lowest BCUT2D eigenvalue weighted by molar-refractivity contribution is 0.244. The van der Waals surface area contributed by atoms with E-state index in [1.807, 2.05) is 62.4 Å². The first-order chi connectivity index (χ1) is 9.19. The van der Waals surface area contributed by atoms with Crippen molar-refractivity contribution in [2.75, 3.05) is 12.4 Å².